The van der Waals surface area contributed by atoms with Gasteiger partial charge in [-0.3, -0.25) is 0 Å². The van der Waals surface area contributed by atoms with Crippen molar-refractivity contribution < 1.29 is 0 Å². The summed E-state index contributed by atoms with van der Waals surface area (Å²) in [6.07, 6.45) is 3.95. The van der Waals surface area contributed by atoms with E-state index < -0.39 is 0 Å². The van der Waals surface area contributed by atoms with E-state index in [0.717, 1.165) is 23.4 Å². The van der Waals surface area contributed by atoms with Gasteiger partial charge in [-0.25, -0.2) is 0 Å². The molecule has 1 aromatic carbocycles. The summed E-state index contributed by atoms with van der Waals surface area (Å²) in [5.74, 6) is 0.664. The minimum absolute atomic E-state index is 0.664. The number of hydrogen-bond donors (Lipinski definition) is 1. The smallest absolute Gasteiger partial charge is 0.0544 e. The lowest BCUT2D eigenvalue weighted by molar-refractivity contribution is 0.762. The fourth-order valence-electron chi connectivity index (χ4n) is 2.17. The number of rotatable bonds is 3. The molecule has 1 nitrogen and oxygen atoms in total. The Kier molecular flexibility index (Phi) is 3.14. The number of halogens is 1. The van der Waals surface area contributed by atoms with Gasteiger partial charge in [-0.1, -0.05) is 17.7 Å². The quantitative estimate of drug-likeness (QED) is 0.882. The molecule has 1 heterocycles. The zero-order valence-electron chi connectivity index (χ0n) is 9.21. The lowest BCUT2D eigenvalue weighted by atomic mass is 9.99. The molecule has 1 atom stereocenters. The van der Waals surface area contributed by atoms with Crippen molar-refractivity contribution >= 4 is 23.4 Å². The van der Waals surface area contributed by atoms with Crippen LogP contribution in [-0.4, -0.2) is 18.3 Å². The maximum atomic E-state index is 6.34. The highest BCUT2D eigenvalue weighted by Crippen LogP contribution is 2.42. The molecule has 1 saturated carbocycles. The van der Waals surface area contributed by atoms with Crippen molar-refractivity contribution in [3.63, 3.8) is 0 Å². The van der Waals surface area contributed by atoms with Gasteiger partial charge in [0.15, 0.2) is 0 Å². The molecular formula is C13H16ClNS. The van der Waals surface area contributed by atoms with Crippen LogP contribution in [0.4, 0.5) is 0 Å². The van der Waals surface area contributed by atoms with Crippen molar-refractivity contribution in [2.45, 2.75) is 35.3 Å². The van der Waals surface area contributed by atoms with Crippen molar-refractivity contribution in [1.82, 2.24) is 5.32 Å². The van der Waals surface area contributed by atoms with E-state index in [9.17, 15) is 0 Å². The van der Waals surface area contributed by atoms with Gasteiger partial charge in [-0.15, -0.1) is 11.8 Å². The first-order valence-corrected chi connectivity index (χ1v) is 7.25. The summed E-state index contributed by atoms with van der Waals surface area (Å²) in [5, 5.41) is 5.17. The second-order valence-corrected chi connectivity index (χ2v) is 6.45. The average Bonchev–Trinajstić information content (AvgIpc) is 2.94. The second kappa shape index (κ2) is 4.59. The Labute approximate surface area is 106 Å². The third-order valence-corrected chi connectivity index (χ3v) is 5.15. The molecule has 16 heavy (non-hydrogen) atoms. The largest absolute Gasteiger partial charge is 0.316 e. The molecule has 2 aliphatic rings. The molecule has 0 amide bonds. The van der Waals surface area contributed by atoms with Crippen LogP contribution < -0.4 is 5.32 Å². The Morgan fingerprint density at radius 2 is 2.12 bits per heavy atom. The fourth-order valence-corrected chi connectivity index (χ4v) is 3.54. The molecule has 3 rings (SSSR count). The Morgan fingerprint density at radius 3 is 2.75 bits per heavy atom. The van der Waals surface area contributed by atoms with E-state index in [2.05, 4.69) is 23.5 Å². The van der Waals surface area contributed by atoms with Crippen molar-refractivity contribution in [1.29, 1.82) is 0 Å². The summed E-state index contributed by atoms with van der Waals surface area (Å²) in [6.45, 7) is 2.24. The van der Waals surface area contributed by atoms with Gasteiger partial charge in [-0.2, -0.15) is 0 Å². The van der Waals surface area contributed by atoms with Crippen LogP contribution in [0.25, 0.3) is 0 Å². The third kappa shape index (κ3) is 2.39. The molecule has 1 saturated heterocycles. The van der Waals surface area contributed by atoms with Gasteiger partial charge in [0.2, 0.25) is 0 Å². The molecule has 2 fully saturated rings. The van der Waals surface area contributed by atoms with Crippen LogP contribution in [-0.2, 0) is 0 Å². The minimum Gasteiger partial charge on any atom is -0.316 e. The summed E-state index contributed by atoms with van der Waals surface area (Å²) < 4.78 is 0. The van der Waals surface area contributed by atoms with Crippen LogP contribution in [0.3, 0.4) is 0 Å². The van der Waals surface area contributed by atoms with E-state index in [-0.39, 0.29) is 0 Å². The lowest BCUT2D eigenvalue weighted by Gasteiger charge is -2.11. The predicted molar refractivity (Wildman–Crippen MR) is 70.6 cm³/mol. The molecule has 0 aromatic heterocycles. The maximum Gasteiger partial charge on any atom is 0.0544 e. The average molecular weight is 254 g/mol. The SMILES string of the molecule is Clc1cc(C2CCNC2)ccc1SC1CC1. The van der Waals surface area contributed by atoms with Crippen LogP contribution in [0.1, 0.15) is 30.7 Å². The molecule has 1 unspecified atom stereocenters. The first-order chi connectivity index (χ1) is 7.83. The number of nitrogens with one attached hydrogen (secondary N) is 1. The highest BCUT2D eigenvalue weighted by molar-refractivity contribution is 8.00. The predicted octanol–water partition coefficient (Wildman–Crippen LogP) is 3.67. The summed E-state index contributed by atoms with van der Waals surface area (Å²) in [4.78, 5) is 1.26. The van der Waals surface area contributed by atoms with E-state index in [0.29, 0.717) is 5.92 Å². The molecule has 0 bridgehead atoms. The van der Waals surface area contributed by atoms with Gasteiger partial charge in [0.25, 0.3) is 0 Å². The third-order valence-electron chi connectivity index (χ3n) is 3.31. The minimum atomic E-state index is 0.664. The molecule has 0 radical (unpaired) electrons. The summed E-state index contributed by atoms with van der Waals surface area (Å²) in [5.41, 5.74) is 1.40. The second-order valence-electron chi connectivity index (χ2n) is 4.70. The number of hydrogen-bond acceptors (Lipinski definition) is 2. The molecule has 3 heteroatoms. The molecule has 86 valence electrons. The van der Waals surface area contributed by atoms with Gasteiger partial charge >= 0.3 is 0 Å². The van der Waals surface area contributed by atoms with Gasteiger partial charge < -0.3 is 5.32 Å². The molecular weight excluding hydrogens is 238 g/mol. The highest BCUT2D eigenvalue weighted by atomic mass is 35.5. The van der Waals surface area contributed by atoms with Crippen LogP contribution in [0.15, 0.2) is 23.1 Å². The normalized spacial score (nSPS) is 24.9. The Balaban J connectivity index is 1.77. The Hall–Kier alpha value is -0.180. The monoisotopic (exact) mass is 253 g/mol. The molecule has 1 aliphatic carbocycles. The number of benzene rings is 1. The first-order valence-electron chi connectivity index (χ1n) is 6.00. The van der Waals surface area contributed by atoms with Gasteiger partial charge in [0.1, 0.15) is 0 Å². The lowest BCUT2D eigenvalue weighted by Crippen LogP contribution is -2.07. The zero-order chi connectivity index (χ0) is 11.0. The zero-order valence-corrected chi connectivity index (χ0v) is 10.8. The first kappa shape index (κ1) is 10.9. The van der Waals surface area contributed by atoms with E-state index >= 15 is 0 Å². The Bertz CT molecular complexity index is 384. The van der Waals surface area contributed by atoms with Crippen LogP contribution in [0.2, 0.25) is 5.02 Å². The van der Waals surface area contributed by atoms with Crippen molar-refractivity contribution in [2.24, 2.45) is 0 Å². The van der Waals surface area contributed by atoms with Crippen LogP contribution in [0, 0.1) is 0 Å². The van der Waals surface area contributed by atoms with Crippen LogP contribution >= 0.6 is 23.4 Å². The van der Waals surface area contributed by atoms with E-state index in [1.54, 1.807) is 0 Å². The van der Waals surface area contributed by atoms with E-state index in [1.807, 2.05) is 11.8 Å². The van der Waals surface area contributed by atoms with E-state index in [4.69, 9.17) is 11.6 Å². The summed E-state index contributed by atoms with van der Waals surface area (Å²) >= 11 is 8.28. The Morgan fingerprint density at radius 1 is 1.25 bits per heavy atom. The maximum absolute atomic E-state index is 6.34. The van der Waals surface area contributed by atoms with Gasteiger partial charge in [0, 0.05) is 16.7 Å². The molecule has 0 spiro atoms. The number of thioether (sulfide) groups is 1. The van der Waals surface area contributed by atoms with Crippen molar-refractivity contribution in [3.8, 4) is 0 Å². The highest BCUT2D eigenvalue weighted by Gasteiger charge is 2.24. The summed E-state index contributed by atoms with van der Waals surface area (Å²) in [6, 6.07) is 6.64. The molecule has 1 aromatic rings. The van der Waals surface area contributed by atoms with Gasteiger partial charge in [-0.05, 0) is 49.4 Å². The fraction of sp³-hybridized carbons (Fsp3) is 0.538. The van der Waals surface area contributed by atoms with Crippen LogP contribution in [0.5, 0.6) is 0 Å². The molecule has 1 N–H and O–H groups in total. The van der Waals surface area contributed by atoms with E-state index in [1.165, 1.54) is 29.7 Å². The standard InChI is InChI=1S/C13H16ClNS/c14-12-7-9(10-5-6-15-8-10)1-4-13(12)16-11-2-3-11/h1,4,7,10-11,15H,2-3,5-6,8H2. The van der Waals surface area contributed by atoms with Crippen molar-refractivity contribution in [3.05, 3.63) is 28.8 Å². The van der Waals surface area contributed by atoms with Gasteiger partial charge in [0.05, 0.1) is 5.02 Å². The molecule has 1 aliphatic heterocycles. The topological polar surface area (TPSA) is 12.0 Å². The summed E-state index contributed by atoms with van der Waals surface area (Å²) in [7, 11) is 0. The van der Waals surface area contributed by atoms with Crippen molar-refractivity contribution in [2.75, 3.05) is 13.1 Å².